The Bertz CT molecular complexity index is 475. The molecule has 0 bridgehead atoms. The molecule has 1 saturated heterocycles. The van der Waals surface area contributed by atoms with Gasteiger partial charge >= 0.3 is 7.12 Å². The van der Waals surface area contributed by atoms with Gasteiger partial charge in [-0.25, -0.2) is 8.78 Å². The van der Waals surface area contributed by atoms with Crippen LogP contribution in [0.4, 0.5) is 8.78 Å². The van der Waals surface area contributed by atoms with E-state index >= 15 is 0 Å². The molecule has 1 aliphatic rings. The van der Waals surface area contributed by atoms with Crippen LogP contribution in [0, 0.1) is 11.6 Å². The summed E-state index contributed by atoms with van der Waals surface area (Å²) in [6.45, 7) is 7.33. The Morgan fingerprint density at radius 3 is 1.94 bits per heavy atom. The van der Waals surface area contributed by atoms with Gasteiger partial charge in [-0.3, -0.25) is 0 Å². The minimum Gasteiger partial charge on any atom is -0.399 e. The van der Waals surface area contributed by atoms with Gasteiger partial charge in [0.05, 0.1) is 16.2 Å². The molecular formula is C12H14BClF2O2. The highest BCUT2D eigenvalue weighted by Gasteiger charge is 2.53. The standard InChI is InChI=1S/C12H14BClF2O2/c1-11(2)12(3,4)18-13(17-11)9-7(15)5-6-8(16)10(9)14/h5-6H,1-4H3. The van der Waals surface area contributed by atoms with Crippen LogP contribution in [0.5, 0.6) is 0 Å². The van der Waals surface area contributed by atoms with Gasteiger partial charge in [0.2, 0.25) is 0 Å². The Morgan fingerprint density at radius 1 is 1.00 bits per heavy atom. The Balaban J connectivity index is 2.44. The molecule has 1 heterocycles. The lowest BCUT2D eigenvalue weighted by Gasteiger charge is -2.32. The van der Waals surface area contributed by atoms with Crippen molar-refractivity contribution in [1.82, 2.24) is 0 Å². The van der Waals surface area contributed by atoms with E-state index in [-0.39, 0.29) is 10.5 Å². The molecule has 1 fully saturated rings. The molecule has 0 saturated carbocycles. The van der Waals surface area contributed by atoms with Crippen molar-refractivity contribution in [3.63, 3.8) is 0 Å². The summed E-state index contributed by atoms with van der Waals surface area (Å²) < 4.78 is 38.5. The van der Waals surface area contributed by atoms with E-state index in [9.17, 15) is 8.78 Å². The highest BCUT2D eigenvalue weighted by Crippen LogP contribution is 2.37. The average molecular weight is 275 g/mol. The van der Waals surface area contributed by atoms with Crippen LogP contribution in [0.1, 0.15) is 27.7 Å². The largest absolute Gasteiger partial charge is 0.499 e. The van der Waals surface area contributed by atoms with Crippen LogP contribution in [0.3, 0.4) is 0 Å². The van der Waals surface area contributed by atoms with Gasteiger partial charge in [0, 0.05) is 5.46 Å². The summed E-state index contributed by atoms with van der Waals surface area (Å²) >= 11 is 5.79. The van der Waals surface area contributed by atoms with E-state index in [2.05, 4.69) is 0 Å². The second-order valence-electron chi connectivity index (χ2n) is 5.35. The lowest BCUT2D eigenvalue weighted by Crippen LogP contribution is -2.41. The fourth-order valence-electron chi connectivity index (χ4n) is 1.72. The molecule has 1 aromatic rings. The van der Waals surface area contributed by atoms with E-state index in [0.29, 0.717) is 0 Å². The normalized spacial score (nSPS) is 21.4. The summed E-state index contributed by atoms with van der Waals surface area (Å²) in [5, 5.41) is -0.298. The molecule has 0 atom stereocenters. The zero-order chi connectivity index (χ0) is 13.7. The van der Waals surface area contributed by atoms with E-state index in [1.54, 1.807) is 0 Å². The van der Waals surface area contributed by atoms with Gasteiger partial charge in [0.25, 0.3) is 0 Å². The lowest BCUT2D eigenvalue weighted by molar-refractivity contribution is 0.00578. The predicted octanol–water partition coefficient (Wildman–Crippen LogP) is 2.92. The molecule has 0 spiro atoms. The van der Waals surface area contributed by atoms with Crippen LogP contribution in [-0.2, 0) is 9.31 Å². The highest BCUT2D eigenvalue weighted by molar-refractivity contribution is 6.65. The first-order valence-corrected chi connectivity index (χ1v) is 6.02. The summed E-state index contributed by atoms with van der Waals surface area (Å²) in [4.78, 5) is 0. The zero-order valence-corrected chi connectivity index (χ0v) is 11.4. The number of hydrogen-bond acceptors (Lipinski definition) is 2. The maximum atomic E-state index is 13.8. The first-order chi connectivity index (χ1) is 8.16. The third-order valence-corrected chi connectivity index (χ3v) is 3.95. The molecule has 0 unspecified atom stereocenters. The first-order valence-electron chi connectivity index (χ1n) is 5.65. The van der Waals surface area contributed by atoms with Crippen molar-refractivity contribution in [3.05, 3.63) is 28.8 Å². The van der Waals surface area contributed by atoms with Crippen molar-refractivity contribution in [2.75, 3.05) is 0 Å². The van der Waals surface area contributed by atoms with Gasteiger partial charge in [-0.15, -0.1) is 0 Å². The Morgan fingerprint density at radius 2 is 1.44 bits per heavy atom. The van der Waals surface area contributed by atoms with Crippen LogP contribution < -0.4 is 5.46 Å². The summed E-state index contributed by atoms with van der Waals surface area (Å²) in [7, 11) is -1.00. The van der Waals surface area contributed by atoms with Crippen LogP contribution in [-0.4, -0.2) is 18.3 Å². The summed E-state index contributed by atoms with van der Waals surface area (Å²) in [6, 6.07) is 1.99. The van der Waals surface area contributed by atoms with Crippen molar-refractivity contribution >= 4 is 24.2 Å². The second-order valence-corrected chi connectivity index (χ2v) is 5.72. The molecule has 0 amide bonds. The third-order valence-electron chi connectivity index (χ3n) is 3.57. The van der Waals surface area contributed by atoms with Crippen LogP contribution in [0.25, 0.3) is 0 Å². The molecule has 2 rings (SSSR count). The van der Waals surface area contributed by atoms with Crippen molar-refractivity contribution in [1.29, 1.82) is 0 Å². The van der Waals surface area contributed by atoms with E-state index in [1.807, 2.05) is 27.7 Å². The fourth-order valence-corrected chi connectivity index (χ4v) is 1.96. The number of halogens is 3. The van der Waals surface area contributed by atoms with Gasteiger partial charge < -0.3 is 9.31 Å². The molecule has 0 aliphatic carbocycles. The van der Waals surface area contributed by atoms with Gasteiger partial charge in [-0.1, -0.05) is 11.6 Å². The van der Waals surface area contributed by atoms with Gasteiger partial charge in [0.15, 0.2) is 0 Å². The monoisotopic (exact) mass is 274 g/mol. The van der Waals surface area contributed by atoms with Gasteiger partial charge in [0.1, 0.15) is 11.6 Å². The molecule has 0 aromatic heterocycles. The first kappa shape index (κ1) is 13.8. The van der Waals surface area contributed by atoms with Crippen molar-refractivity contribution in [2.45, 2.75) is 38.9 Å². The quantitative estimate of drug-likeness (QED) is 0.579. The third kappa shape index (κ3) is 2.04. The van der Waals surface area contributed by atoms with Gasteiger partial charge in [-0.05, 0) is 39.8 Å². The molecule has 0 N–H and O–H groups in total. The molecule has 6 heteroatoms. The van der Waals surface area contributed by atoms with E-state index in [0.717, 1.165) is 12.1 Å². The summed E-state index contributed by atoms with van der Waals surface area (Å²) in [6.07, 6.45) is 0. The molecule has 1 aliphatic heterocycles. The Hall–Kier alpha value is -0.645. The maximum absolute atomic E-state index is 13.8. The zero-order valence-electron chi connectivity index (χ0n) is 10.7. The minimum atomic E-state index is -1.00. The highest BCUT2D eigenvalue weighted by atomic mass is 35.5. The molecule has 98 valence electrons. The lowest BCUT2D eigenvalue weighted by atomic mass is 9.78. The maximum Gasteiger partial charge on any atom is 0.499 e. The Kier molecular flexibility index (Phi) is 3.20. The number of benzene rings is 1. The fraction of sp³-hybridized carbons (Fsp3) is 0.500. The second kappa shape index (κ2) is 4.18. The molecule has 18 heavy (non-hydrogen) atoms. The average Bonchev–Trinajstić information content (AvgIpc) is 2.43. The molecule has 0 radical (unpaired) electrons. The van der Waals surface area contributed by atoms with E-state index in [4.69, 9.17) is 20.9 Å². The van der Waals surface area contributed by atoms with E-state index < -0.39 is 30.0 Å². The van der Waals surface area contributed by atoms with Crippen LogP contribution in [0.2, 0.25) is 5.02 Å². The minimum absolute atomic E-state index is 0.0877. The topological polar surface area (TPSA) is 18.5 Å². The molecular weight excluding hydrogens is 260 g/mol. The summed E-state index contributed by atoms with van der Waals surface area (Å²) in [5.74, 6) is -1.33. The molecule has 1 aromatic carbocycles. The van der Waals surface area contributed by atoms with Crippen molar-refractivity contribution in [3.8, 4) is 0 Å². The van der Waals surface area contributed by atoms with Crippen molar-refractivity contribution in [2.24, 2.45) is 0 Å². The van der Waals surface area contributed by atoms with Crippen molar-refractivity contribution < 1.29 is 18.1 Å². The number of rotatable bonds is 1. The van der Waals surface area contributed by atoms with Crippen LogP contribution >= 0.6 is 11.6 Å². The predicted molar refractivity (Wildman–Crippen MR) is 67.1 cm³/mol. The smallest absolute Gasteiger partial charge is 0.399 e. The van der Waals surface area contributed by atoms with Gasteiger partial charge in [-0.2, -0.15) is 0 Å². The number of hydrogen-bond donors (Lipinski definition) is 0. The molecule has 2 nitrogen and oxygen atoms in total. The summed E-state index contributed by atoms with van der Waals surface area (Å²) in [5.41, 5.74) is -1.34. The Labute approximate surface area is 110 Å². The van der Waals surface area contributed by atoms with Crippen LogP contribution in [0.15, 0.2) is 12.1 Å². The SMILES string of the molecule is CC1(C)OB(c2c(F)ccc(F)c2Cl)OC1(C)C. The van der Waals surface area contributed by atoms with E-state index in [1.165, 1.54) is 0 Å².